The summed E-state index contributed by atoms with van der Waals surface area (Å²) in [6.07, 6.45) is 3.14. The first-order valence-electron chi connectivity index (χ1n) is 9.38. The number of aromatic nitrogens is 3. The van der Waals surface area contributed by atoms with Crippen LogP contribution in [0.5, 0.6) is 0 Å². The lowest BCUT2D eigenvalue weighted by Gasteiger charge is -2.21. The van der Waals surface area contributed by atoms with Crippen LogP contribution in [0.4, 0.5) is 11.4 Å². The van der Waals surface area contributed by atoms with Gasteiger partial charge in [0.25, 0.3) is 15.9 Å². The van der Waals surface area contributed by atoms with Gasteiger partial charge < -0.3 is 5.32 Å². The molecule has 1 aromatic heterocycles. The number of benzene rings is 3. The molecule has 4 aromatic rings. The topological polar surface area (TPSA) is 97.2 Å². The largest absolute Gasteiger partial charge is 0.322 e. The smallest absolute Gasteiger partial charge is 0.264 e. The molecule has 0 fully saturated rings. The van der Waals surface area contributed by atoms with E-state index in [0.29, 0.717) is 11.4 Å². The van der Waals surface area contributed by atoms with Crippen molar-refractivity contribution in [2.24, 2.45) is 0 Å². The Kier molecular flexibility index (Phi) is 5.50. The van der Waals surface area contributed by atoms with Crippen molar-refractivity contribution in [2.75, 3.05) is 16.7 Å². The molecule has 0 spiro atoms. The van der Waals surface area contributed by atoms with Crippen molar-refractivity contribution in [3.63, 3.8) is 0 Å². The number of para-hydroxylation sites is 1. The number of rotatable bonds is 6. The Bertz CT molecular complexity index is 1290. The van der Waals surface area contributed by atoms with Gasteiger partial charge in [0.15, 0.2) is 0 Å². The quantitative estimate of drug-likeness (QED) is 0.503. The molecule has 0 aliphatic heterocycles. The highest BCUT2D eigenvalue weighted by atomic mass is 32.2. The SMILES string of the molecule is CN(c1ccccc1)S(=O)(=O)c1ccccc1C(=O)Nc1ccc(-n2nccn2)cc1. The molecule has 9 heteroatoms. The van der Waals surface area contributed by atoms with E-state index >= 15 is 0 Å². The number of nitrogens with one attached hydrogen (secondary N) is 1. The standard InChI is InChI=1S/C22H19N5O3S/c1-26(18-7-3-2-4-8-18)31(29,30)21-10-6-5-9-20(21)22(28)25-17-11-13-19(14-12-17)27-23-15-16-24-27/h2-16H,1H3,(H,25,28). The fourth-order valence-corrected chi connectivity index (χ4v) is 4.41. The Morgan fingerprint density at radius 3 is 2.16 bits per heavy atom. The van der Waals surface area contributed by atoms with E-state index in [1.807, 2.05) is 0 Å². The maximum atomic E-state index is 13.2. The molecule has 8 nitrogen and oxygen atoms in total. The van der Waals surface area contributed by atoms with Gasteiger partial charge in [0, 0.05) is 12.7 Å². The molecule has 31 heavy (non-hydrogen) atoms. The van der Waals surface area contributed by atoms with Crippen LogP contribution >= 0.6 is 0 Å². The molecular formula is C22H19N5O3S. The maximum absolute atomic E-state index is 13.2. The lowest BCUT2D eigenvalue weighted by Crippen LogP contribution is -2.28. The van der Waals surface area contributed by atoms with Crippen LogP contribution in [0, 0.1) is 0 Å². The second-order valence-corrected chi connectivity index (χ2v) is 8.56. The van der Waals surface area contributed by atoms with E-state index in [9.17, 15) is 13.2 Å². The first-order chi connectivity index (χ1) is 15.0. The minimum Gasteiger partial charge on any atom is -0.322 e. The third kappa shape index (κ3) is 4.17. The maximum Gasteiger partial charge on any atom is 0.264 e. The molecule has 0 saturated carbocycles. The van der Waals surface area contributed by atoms with Crippen molar-refractivity contribution < 1.29 is 13.2 Å². The number of carbonyl (C=O) groups is 1. The lowest BCUT2D eigenvalue weighted by atomic mass is 10.2. The van der Waals surface area contributed by atoms with Crippen LogP contribution in [0.2, 0.25) is 0 Å². The number of nitrogens with zero attached hydrogens (tertiary/aromatic N) is 4. The molecule has 0 bridgehead atoms. The van der Waals surface area contributed by atoms with Crippen LogP contribution in [-0.2, 0) is 10.0 Å². The highest BCUT2D eigenvalue weighted by Gasteiger charge is 2.26. The summed E-state index contributed by atoms with van der Waals surface area (Å²) in [6.45, 7) is 0. The van der Waals surface area contributed by atoms with E-state index in [-0.39, 0.29) is 10.5 Å². The van der Waals surface area contributed by atoms with Crippen molar-refractivity contribution >= 4 is 27.3 Å². The molecule has 0 atom stereocenters. The number of amides is 1. The summed E-state index contributed by atoms with van der Waals surface area (Å²) in [5.41, 5.74) is 1.81. The summed E-state index contributed by atoms with van der Waals surface area (Å²) in [7, 11) is -2.48. The van der Waals surface area contributed by atoms with Gasteiger partial charge in [-0.15, -0.1) is 0 Å². The summed E-state index contributed by atoms with van der Waals surface area (Å²) in [4.78, 5) is 14.3. The zero-order chi connectivity index (χ0) is 21.8. The van der Waals surface area contributed by atoms with E-state index < -0.39 is 15.9 Å². The van der Waals surface area contributed by atoms with E-state index in [0.717, 1.165) is 9.99 Å². The minimum atomic E-state index is -3.94. The van der Waals surface area contributed by atoms with Gasteiger partial charge in [0.05, 0.1) is 29.3 Å². The fraction of sp³-hybridized carbons (Fsp3) is 0.0455. The molecule has 156 valence electrons. The van der Waals surface area contributed by atoms with E-state index in [1.165, 1.54) is 24.0 Å². The van der Waals surface area contributed by atoms with Gasteiger partial charge in [0.2, 0.25) is 0 Å². The van der Waals surface area contributed by atoms with E-state index in [1.54, 1.807) is 79.1 Å². The molecule has 0 aliphatic carbocycles. The average molecular weight is 433 g/mol. The summed E-state index contributed by atoms with van der Waals surface area (Å²) in [5, 5.41) is 10.9. The van der Waals surface area contributed by atoms with Gasteiger partial charge in [0.1, 0.15) is 4.90 Å². The molecular weight excluding hydrogens is 414 g/mol. The zero-order valence-electron chi connectivity index (χ0n) is 16.6. The van der Waals surface area contributed by atoms with Crippen LogP contribution in [0.15, 0.2) is 96.2 Å². The molecule has 0 radical (unpaired) electrons. The van der Waals surface area contributed by atoms with Crippen molar-refractivity contribution in [2.45, 2.75) is 4.90 Å². The van der Waals surface area contributed by atoms with E-state index in [2.05, 4.69) is 15.5 Å². The van der Waals surface area contributed by atoms with Crippen LogP contribution in [-0.4, -0.2) is 36.4 Å². The average Bonchev–Trinajstić information content (AvgIpc) is 3.34. The Hall–Kier alpha value is -3.98. The van der Waals surface area contributed by atoms with Gasteiger partial charge in [-0.3, -0.25) is 9.10 Å². The zero-order valence-corrected chi connectivity index (χ0v) is 17.4. The number of anilines is 2. The first-order valence-corrected chi connectivity index (χ1v) is 10.8. The molecule has 0 unspecified atom stereocenters. The Balaban J connectivity index is 1.60. The van der Waals surface area contributed by atoms with E-state index in [4.69, 9.17) is 0 Å². The van der Waals surface area contributed by atoms with Gasteiger partial charge >= 0.3 is 0 Å². The second-order valence-electron chi connectivity index (χ2n) is 6.62. The minimum absolute atomic E-state index is 0.0584. The molecule has 0 aliphatic rings. The number of sulfonamides is 1. The van der Waals surface area contributed by atoms with Crippen molar-refractivity contribution in [1.29, 1.82) is 0 Å². The molecule has 0 saturated heterocycles. The number of hydrogen-bond acceptors (Lipinski definition) is 5. The first kappa shape index (κ1) is 20.3. The van der Waals surface area contributed by atoms with Crippen LogP contribution in [0.25, 0.3) is 5.69 Å². The predicted octanol–water partition coefficient (Wildman–Crippen LogP) is 3.34. The molecule has 1 N–H and O–H groups in total. The third-order valence-electron chi connectivity index (χ3n) is 4.66. The third-order valence-corrected chi connectivity index (χ3v) is 6.51. The molecule has 1 heterocycles. The van der Waals surface area contributed by atoms with Gasteiger partial charge in [-0.2, -0.15) is 15.0 Å². The molecule has 1 amide bonds. The van der Waals surface area contributed by atoms with Gasteiger partial charge in [-0.05, 0) is 48.5 Å². The van der Waals surface area contributed by atoms with Crippen molar-refractivity contribution in [1.82, 2.24) is 15.0 Å². The Labute approximate surface area is 179 Å². The van der Waals surface area contributed by atoms with Crippen LogP contribution < -0.4 is 9.62 Å². The summed E-state index contributed by atoms with van der Waals surface area (Å²) in [5.74, 6) is -0.523. The Morgan fingerprint density at radius 1 is 0.871 bits per heavy atom. The number of carbonyl (C=O) groups excluding carboxylic acids is 1. The second kappa shape index (κ2) is 8.41. The predicted molar refractivity (Wildman–Crippen MR) is 118 cm³/mol. The number of hydrogen-bond donors (Lipinski definition) is 1. The van der Waals surface area contributed by atoms with Crippen molar-refractivity contribution in [3.8, 4) is 5.69 Å². The van der Waals surface area contributed by atoms with Crippen LogP contribution in [0.3, 0.4) is 0 Å². The monoisotopic (exact) mass is 433 g/mol. The highest BCUT2D eigenvalue weighted by molar-refractivity contribution is 7.92. The molecule has 3 aromatic carbocycles. The highest BCUT2D eigenvalue weighted by Crippen LogP contribution is 2.25. The summed E-state index contributed by atoms with van der Waals surface area (Å²) in [6, 6.07) is 21.7. The molecule has 4 rings (SSSR count). The van der Waals surface area contributed by atoms with Crippen LogP contribution in [0.1, 0.15) is 10.4 Å². The summed E-state index contributed by atoms with van der Waals surface area (Å²) >= 11 is 0. The fourth-order valence-electron chi connectivity index (χ4n) is 3.03. The lowest BCUT2D eigenvalue weighted by molar-refractivity contribution is 0.102. The summed E-state index contributed by atoms with van der Waals surface area (Å²) < 4.78 is 27.6. The van der Waals surface area contributed by atoms with Crippen molar-refractivity contribution in [3.05, 3.63) is 96.8 Å². The normalized spacial score (nSPS) is 11.1. The van der Waals surface area contributed by atoms with Gasteiger partial charge in [-0.1, -0.05) is 30.3 Å². The Morgan fingerprint density at radius 2 is 1.48 bits per heavy atom. The van der Waals surface area contributed by atoms with Gasteiger partial charge in [-0.25, -0.2) is 8.42 Å².